The first-order chi connectivity index (χ1) is 9.07. The summed E-state index contributed by atoms with van der Waals surface area (Å²) in [5.41, 5.74) is 5.12. The predicted octanol–water partition coefficient (Wildman–Crippen LogP) is 2.17. The van der Waals surface area contributed by atoms with Crippen molar-refractivity contribution in [3.8, 4) is 0 Å². The molecule has 6 heteroatoms. The number of anilines is 1. The van der Waals surface area contributed by atoms with Crippen LogP contribution >= 0.6 is 11.6 Å². The van der Waals surface area contributed by atoms with Gasteiger partial charge in [0.1, 0.15) is 5.82 Å². The van der Waals surface area contributed by atoms with Gasteiger partial charge in [-0.1, -0.05) is 11.6 Å². The standard InChI is InChI=1S/C13H16ClFN2O2/c14-9-1-2-10(15)11(7-9)17-12(18)13(8-16)3-5-19-6-4-13/h1-2,7H,3-6,8,16H2,(H,17,18). The Labute approximate surface area is 116 Å². The van der Waals surface area contributed by atoms with Crippen LogP contribution in [-0.4, -0.2) is 25.7 Å². The van der Waals surface area contributed by atoms with Crippen molar-refractivity contribution in [2.45, 2.75) is 12.8 Å². The molecule has 1 aromatic carbocycles. The van der Waals surface area contributed by atoms with Gasteiger partial charge in [-0.05, 0) is 31.0 Å². The molecule has 1 fully saturated rings. The van der Waals surface area contributed by atoms with Crippen LogP contribution in [-0.2, 0) is 9.53 Å². The molecule has 1 aliphatic rings. The van der Waals surface area contributed by atoms with Crippen LogP contribution in [0.4, 0.5) is 10.1 Å². The lowest BCUT2D eigenvalue weighted by atomic mass is 9.79. The first-order valence-corrected chi connectivity index (χ1v) is 6.49. The number of nitrogens with one attached hydrogen (secondary N) is 1. The third-order valence-electron chi connectivity index (χ3n) is 3.50. The Bertz CT molecular complexity index is 476. The van der Waals surface area contributed by atoms with Crippen molar-refractivity contribution in [3.63, 3.8) is 0 Å². The quantitative estimate of drug-likeness (QED) is 0.895. The molecular formula is C13H16ClFN2O2. The topological polar surface area (TPSA) is 64.4 Å². The first kappa shape index (κ1) is 14.2. The molecule has 104 valence electrons. The number of benzene rings is 1. The van der Waals surface area contributed by atoms with Crippen LogP contribution in [0.3, 0.4) is 0 Å². The third kappa shape index (κ3) is 3.05. The van der Waals surface area contributed by atoms with Gasteiger partial charge in [-0.25, -0.2) is 4.39 Å². The van der Waals surface area contributed by atoms with Crippen LogP contribution < -0.4 is 11.1 Å². The Balaban J connectivity index is 2.17. The number of carbonyl (C=O) groups is 1. The number of hydrogen-bond acceptors (Lipinski definition) is 3. The number of amides is 1. The summed E-state index contributed by atoms with van der Waals surface area (Å²) in [6.45, 7) is 1.19. The van der Waals surface area contributed by atoms with Gasteiger partial charge in [-0.3, -0.25) is 4.79 Å². The van der Waals surface area contributed by atoms with Gasteiger partial charge in [-0.15, -0.1) is 0 Å². The summed E-state index contributed by atoms with van der Waals surface area (Å²) >= 11 is 5.79. The highest BCUT2D eigenvalue weighted by molar-refractivity contribution is 6.30. The molecule has 1 amide bonds. The second kappa shape index (κ2) is 5.86. The van der Waals surface area contributed by atoms with Gasteiger partial charge >= 0.3 is 0 Å². The fourth-order valence-corrected chi connectivity index (χ4v) is 2.31. The third-order valence-corrected chi connectivity index (χ3v) is 3.73. The Hall–Kier alpha value is -1.17. The molecule has 3 N–H and O–H groups in total. The predicted molar refractivity (Wildman–Crippen MR) is 71.6 cm³/mol. The summed E-state index contributed by atoms with van der Waals surface area (Å²) < 4.78 is 18.8. The van der Waals surface area contributed by atoms with Crippen molar-refractivity contribution in [3.05, 3.63) is 29.0 Å². The average Bonchev–Trinajstić information content (AvgIpc) is 2.43. The van der Waals surface area contributed by atoms with E-state index >= 15 is 0 Å². The fourth-order valence-electron chi connectivity index (χ4n) is 2.13. The van der Waals surface area contributed by atoms with Crippen molar-refractivity contribution in [1.82, 2.24) is 0 Å². The Morgan fingerprint density at radius 3 is 2.79 bits per heavy atom. The maximum Gasteiger partial charge on any atom is 0.232 e. The van der Waals surface area contributed by atoms with Crippen LogP contribution in [0.2, 0.25) is 5.02 Å². The average molecular weight is 287 g/mol. The van der Waals surface area contributed by atoms with Crippen molar-refractivity contribution in [1.29, 1.82) is 0 Å². The van der Waals surface area contributed by atoms with Crippen LogP contribution in [0, 0.1) is 11.2 Å². The van der Waals surface area contributed by atoms with Gasteiger partial charge in [0.25, 0.3) is 0 Å². The molecule has 19 heavy (non-hydrogen) atoms. The molecule has 1 aliphatic heterocycles. The van der Waals surface area contributed by atoms with E-state index in [2.05, 4.69) is 5.32 Å². The maximum atomic E-state index is 13.6. The largest absolute Gasteiger partial charge is 0.381 e. The molecule has 1 saturated heterocycles. The summed E-state index contributed by atoms with van der Waals surface area (Å²) in [6, 6.07) is 4.04. The molecule has 4 nitrogen and oxygen atoms in total. The minimum absolute atomic E-state index is 0.0804. The molecular weight excluding hydrogens is 271 g/mol. The van der Waals surface area contributed by atoms with Crippen LogP contribution in [0.1, 0.15) is 12.8 Å². The highest BCUT2D eigenvalue weighted by atomic mass is 35.5. The number of ether oxygens (including phenoxy) is 1. The van der Waals surface area contributed by atoms with Crippen LogP contribution in [0.5, 0.6) is 0 Å². The monoisotopic (exact) mass is 286 g/mol. The summed E-state index contributed by atoms with van der Waals surface area (Å²) in [4.78, 5) is 12.3. The van der Waals surface area contributed by atoms with Gasteiger partial charge in [-0.2, -0.15) is 0 Å². The Morgan fingerprint density at radius 1 is 1.47 bits per heavy atom. The van der Waals surface area contributed by atoms with Gasteiger partial charge < -0.3 is 15.8 Å². The van der Waals surface area contributed by atoms with Crippen molar-refractivity contribution < 1.29 is 13.9 Å². The number of halogens is 2. The van der Waals surface area contributed by atoms with E-state index in [9.17, 15) is 9.18 Å². The van der Waals surface area contributed by atoms with E-state index in [1.54, 1.807) is 0 Å². The zero-order chi connectivity index (χ0) is 13.9. The van der Waals surface area contributed by atoms with Crippen molar-refractivity contribution in [2.75, 3.05) is 25.1 Å². The van der Waals surface area contributed by atoms with E-state index < -0.39 is 11.2 Å². The number of nitrogens with two attached hydrogens (primary N) is 1. The number of hydrogen-bond donors (Lipinski definition) is 2. The highest BCUT2D eigenvalue weighted by Crippen LogP contribution is 2.31. The fraction of sp³-hybridized carbons (Fsp3) is 0.462. The molecule has 0 bridgehead atoms. The molecule has 0 saturated carbocycles. The Morgan fingerprint density at radius 2 is 2.16 bits per heavy atom. The van der Waals surface area contributed by atoms with E-state index in [0.717, 1.165) is 0 Å². The molecule has 0 aliphatic carbocycles. The SMILES string of the molecule is NCC1(C(=O)Nc2cc(Cl)ccc2F)CCOCC1. The maximum absolute atomic E-state index is 13.6. The molecule has 0 radical (unpaired) electrons. The zero-order valence-corrected chi connectivity index (χ0v) is 11.2. The lowest BCUT2D eigenvalue weighted by molar-refractivity contribution is -0.130. The van der Waals surface area contributed by atoms with E-state index in [0.29, 0.717) is 31.1 Å². The van der Waals surface area contributed by atoms with Gasteiger partial charge in [0.2, 0.25) is 5.91 Å². The van der Waals surface area contributed by atoms with Gasteiger partial charge in [0.05, 0.1) is 11.1 Å². The number of carbonyl (C=O) groups excluding carboxylic acids is 1. The van der Waals surface area contributed by atoms with Crippen LogP contribution in [0.25, 0.3) is 0 Å². The lowest BCUT2D eigenvalue weighted by Crippen LogP contribution is -2.46. The lowest BCUT2D eigenvalue weighted by Gasteiger charge is -2.34. The molecule has 0 spiro atoms. The minimum atomic E-state index is -0.687. The summed E-state index contributed by atoms with van der Waals surface area (Å²) in [5, 5.41) is 2.94. The van der Waals surface area contributed by atoms with Gasteiger partial charge in [0, 0.05) is 24.8 Å². The highest BCUT2D eigenvalue weighted by Gasteiger charge is 2.39. The smallest absolute Gasteiger partial charge is 0.232 e. The van der Waals surface area contributed by atoms with E-state index in [1.807, 2.05) is 0 Å². The van der Waals surface area contributed by atoms with Crippen molar-refractivity contribution in [2.24, 2.45) is 11.1 Å². The summed E-state index contributed by atoms with van der Waals surface area (Å²) in [6.07, 6.45) is 1.08. The summed E-state index contributed by atoms with van der Waals surface area (Å²) in [5.74, 6) is -0.795. The van der Waals surface area contributed by atoms with Gasteiger partial charge in [0.15, 0.2) is 0 Å². The second-order valence-electron chi connectivity index (χ2n) is 4.68. The first-order valence-electron chi connectivity index (χ1n) is 6.12. The van der Waals surface area contributed by atoms with E-state index in [-0.39, 0.29) is 18.1 Å². The number of rotatable bonds is 3. The van der Waals surface area contributed by atoms with E-state index in [4.69, 9.17) is 22.1 Å². The normalized spacial score (nSPS) is 18.1. The van der Waals surface area contributed by atoms with E-state index in [1.165, 1.54) is 18.2 Å². The van der Waals surface area contributed by atoms with Crippen molar-refractivity contribution >= 4 is 23.2 Å². The Kier molecular flexibility index (Phi) is 4.39. The summed E-state index contributed by atoms with van der Waals surface area (Å²) in [7, 11) is 0. The molecule has 0 aromatic heterocycles. The minimum Gasteiger partial charge on any atom is -0.381 e. The second-order valence-corrected chi connectivity index (χ2v) is 5.11. The molecule has 0 unspecified atom stereocenters. The molecule has 1 heterocycles. The molecule has 1 aromatic rings. The molecule has 2 rings (SSSR count). The van der Waals surface area contributed by atoms with Crippen LogP contribution in [0.15, 0.2) is 18.2 Å². The molecule has 0 atom stereocenters. The zero-order valence-electron chi connectivity index (χ0n) is 10.4.